The van der Waals surface area contributed by atoms with Crippen LogP contribution in [-0.2, 0) is 4.79 Å². The Morgan fingerprint density at radius 2 is 1.40 bits per heavy atom. The number of benzene rings is 2. The minimum Gasteiger partial charge on any atom is -0.845 e. The molecule has 2 aromatic rings. The molecule has 2 N–H and O–H groups in total. The first kappa shape index (κ1) is 14.0. The highest BCUT2D eigenvalue weighted by Crippen LogP contribution is 2.20. The molecule has 0 aromatic heterocycles. The predicted octanol–water partition coefficient (Wildman–Crippen LogP) is 0.867. The van der Waals surface area contributed by atoms with Crippen LogP contribution in [0.1, 0.15) is 21.8 Å². The average Bonchev–Trinajstić information content (AvgIpc) is 2.48. The third-order valence-electron chi connectivity index (χ3n) is 3.08. The van der Waals surface area contributed by atoms with Crippen molar-refractivity contribution in [3.63, 3.8) is 0 Å². The maximum Gasteiger partial charge on any atom is 0.224 e. The summed E-state index contributed by atoms with van der Waals surface area (Å²) in [5.74, 6) is -2.58. The molecule has 0 aliphatic heterocycles. The van der Waals surface area contributed by atoms with Crippen LogP contribution >= 0.6 is 0 Å². The Hall–Kier alpha value is -2.46. The number of primary amides is 1. The van der Waals surface area contributed by atoms with Crippen molar-refractivity contribution in [2.75, 3.05) is 0 Å². The lowest BCUT2D eigenvalue weighted by Crippen LogP contribution is -2.45. The van der Waals surface area contributed by atoms with Gasteiger partial charge >= 0.3 is 0 Å². The summed E-state index contributed by atoms with van der Waals surface area (Å²) in [5.41, 5.74) is 6.04. The van der Waals surface area contributed by atoms with Gasteiger partial charge in [0.05, 0.1) is 5.92 Å². The summed E-state index contributed by atoms with van der Waals surface area (Å²) >= 11 is 0. The van der Waals surface area contributed by atoms with E-state index in [1.807, 2.05) is 0 Å². The fraction of sp³-hybridized carbons (Fsp3) is 0.125. The lowest BCUT2D eigenvalue weighted by Gasteiger charge is -2.28. The summed E-state index contributed by atoms with van der Waals surface area (Å²) in [6, 6.07) is 16.6. The Balaban J connectivity index is 2.31. The zero-order chi connectivity index (χ0) is 14.5. The first-order valence-electron chi connectivity index (χ1n) is 6.20. The van der Waals surface area contributed by atoms with Crippen LogP contribution in [-0.4, -0.2) is 17.8 Å². The number of Topliss-reactive ketones (excluding diaryl/α,β-unsaturated/α-hetero) is 1. The summed E-state index contributed by atoms with van der Waals surface area (Å²) in [7, 11) is 0. The van der Waals surface area contributed by atoms with Crippen molar-refractivity contribution in [2.24, 2.45) is 5.73 Å². The first-order valence-corrected chi connectivity index (χ1v) is 6.20. The van der Waals surface area contributed by atoms with Crippen molar-refractivity contribution < 1.29 is 14.7 Å². The van der Waals surface area contributed by atoms with Crippen LogP contribution in [0.3, 0.4) is 0 Å². The molecule has 0 saturated carbocycles. The van der Waals surface area contributed by atoms with Crippen molar-refractivity contribution in [1.82, 2.24) is 0 Å². The molecule has 2 aromatic carbocycles. The molecule has 102 valence electrons. The molecule has 0 aliphatic rings. The van der Waals surface area contributed by atoms with Crippen LogP contribution in [0.15, 0.2) is 60.7 Å². The molecule has 20 heavy (non-hydrogen) atoms. The van der Waals surface area contributed by atoms with Gasteiger partial charge in [-0.2, -0.15) is 0 Å². The number of hydrogen-bond donors (Lipinski definition) is 1. The zero-order valence-electron chi connectivity index (χ0n) is 10.7. The Morgan fingerprint density at radius 3 is 1.90 bits per heavy atom. The number of hydrogen-bond acceptors (Lipinski definition) is 3. The third-order valence-corrected chi connectivity index (χ3v) is 3.08. The number of carbonyl (C=O) groups is 2. The van der Waals surface area contributed by atoms with Crippen LogP contribution < -0.4 is 10.8 Å². The molecular weight excluding hydrogens is 254 g/mol. The second-order valence-corrected chi connectivity index (χ2v) is 4.44. The number of carbonyl (C=O) groups excluding carboxylic acids is 2. The molecule has 0 spiro atoms. The SMILES string of the molecule is NC(=O)[C@H](c1ccccc1)[C@H]([O-])C(=O)c1ccccc1. The zero-order valence-corrected chi connectivity index (χ0v) is 10.7. The lowest BCUT2D eigenvalue weighted by molar-refractivity contribution is -0.401. The Bertz CT molecular complexity index is 596. The Morgan fingerprint density at radius 1 is 0.900 bits per heavy atom. The molecule has 4 nitrogen and oxygen atoms in total. The smallest absolute Gasteiger partial charge is 0.224 e. The van der Waals surface area contributed by atoms with E-state index in [0.717, 1.165) is 0 Å². The summed E-state index contributed by atoms with van der Waals surface area (Å²) < 4.78 is 0. The molecule has 0 fully saturated rings. The molecule has 0 bridgehead atoms. The van der Waals surface area contributed by atoms with Gasteiger partial charge in [-0.15, -0.1) is 0 Å². The van der Waals surface area contributed by atoms with Crippen molar-refractivity contribution in [3.8, 4) is 0 Å². The van der Waals surface area contributed by atoms with Gasteiger partial charge in [0.15, 0.2) is 5.78 Å². The third kappa shape index (κ3) is 2.92. The second kappa shape index (κ2) is 6.12. The molecule has 0 unspecified atom stereocenters. The van der Waals surface area contributed by atoms with Crippen molar-refractivity contribution in [1.29, 1.82) is 0 Å². The molecule has 2 rings (SSSR count). The van der Waals surface area contributed by atoms with Crippen molar-refractivity contribution >= 4 is 11.7 Å². The molecule has 0 saturated heterocycles. The van der Waals surface area contributed by atoms with E-state index in [1.54, 1.807) is 60.7 Å². The van der Waals surface area contributed by atoms with Gasteiger partial charge in [-0.05, 0) is 11.7 Å². The normalized spacial score (nSPS) is 13.4. The highest BCUT2D eigenvalue weighted by atomic mass is 16.3. The van der Waals surface area contributed by atoms with Crippen LogP contribution in [0.25, 0.3) is 0 Å². The second-order valence-electron chi connectivity index (χ2n) is 4.44. The number of amides is 1. The first-order chi connectivity index (χ1) is 9.61. The Kier molecular flexibility index (Phi) is 4.27. The van der Waals surface area contributed by atoms with Crippen LogP contribution in [0.2, 0.25) is 0 Å². The van der Waals surface area contributed by atoms with Crippen LogP contribution in [0.4, 0.5) is 0 Å². The average molecular weight is 268 g/mol. The maximum absolute atomic E-state index is 12.3. The summed E-state index contributed by atoms with van der Waals surface area (Å²) in [4.78, 5) is 23.7. The number of nitrogens with two attached hydrogens (primary N) is 1. The van der Waals surface area contributed by atoms with E-state index < -0.39 is 23.7 Å². The van der Waals surface area contributed by atoms with Gasteiger partial charge in [-0.1, -0.05) is 60.7 Å². The minimum absolute atomic E-state index is 0.287. The topological polar surface area (TPSA) is 83.2 Å². The molecular formula is C16H14NO3-. The van der Waals surface area contributed by atoms with Crippen molar-refractivity contribution in [2.45, 2.75) is 12.0 Å². The van der Waals surface area contributed by atoms with Gasteiger partial charge in [-0.25, -0.2) is 0 Å². The van der Waals surface area contributed by atoms with E-state index >= 15 is 0 Å². The van der Waals surface area contributed by atoms with Gasteiger partial charge in [0, 0.05) is 5.56 Å². The molecule has 2 atom stereocenters. The molecule has 0 aliphatic carbocycles. The number of rotatable bonds is 5. The predicted molar refractivity (Wildman–Crippen MR) is 72.9 cm³/mol. The van der Waals surface area contributed by atoms with E-state index in [4.69, 9.17) is 5.73 Å². The Labute approximate surface area is 116 Å². The highest BCUT2D eigenvalue weighted by Gasteiger charge is 2.25. The van der Waals surface area contributed by atoms with Gasteiger partial charge in [0.2, 0.25) is 5.91 Å². The molecule has 0 radical (unpaired) electrons. The van der Waals surface area contributed by atoms with Gasteiger partial charge < -0.3 is 10.8 Å². The molecule has 4 heteroatoms. The van der Waals surface area contributed by atoms with E-state index in [0.29, 0.717) is 5.56 Å². The van der Waals surface area contributed by atoms with E-state index in [-0.39, 0.29) is 5.56 Å². The van der Waals surface area contributed by atoms with Crippen LogP contribution in [0, 0.1) is 0 Å². The van der Waals surface area contributed by atoms with E-state index in [2.05, 4.69) is 0 Å². The number of ketones is 1. The van der Waals surface area contributed by atoms with Crippen LogP contribution in [0.5, 0.6) is 0 Å². The van der Waals surface area contributed by atoms with Crippen molar-refractivity contribution in [3.05, 3.63) is 71.8 Å². The minimum atomic E-state index is -1.74. The molecule has 1 amide bonds. The standard InChI is InChI=1S/C16H14NO3/c17-16(20)13(11-7-3-1-4-8-11)15(19)14(18)12-9-5-2-6-10-12/h1-10,13,15H,(H2,17,20)/q-1/t13-,15+/m1/s1. The lowest BCUT2D eigenvalue weighted by atomic mass is 9.88. The summed E-state index contributed by atoms with van der Waals surface area (Å²) in [6.07, 6.45) is -1.74. The highest BCUT2D eigenvalue weighted by molar-refractivity contribution is 6.03. The van der Waals surface area contributed by atoms with E-state index in [9.17, 15) is 14.7 Å². The fourth-order valence-corrected chi connectivity index (χ4v) is 2.07. The molecule has 0 heterocycles. The summed E-state index contributed by atoms with van der Waals surface area (Å²) in [6.45, 7) is 0. The maximum atomic E-state index is 12.3. The van der Waals surface area contributed by atoms with E-state index in [1.165, 1.54) is 0 Å². The summed E-state index contributed by atoms with van der Waals surface area (Å²) in [5, 5.41) is 12.3. The largest absolute Gasteiger partial charge is 0.845 e. The quantitative estimate of drug-likeness (QED) is 0.817. The monoisotopic (exact) mass is 268 g/mol. The van der Waals surface area contributed by atoms with Gasteiger partial charge in [0.1, 0.15) is 0 Å². The van der Waals surface area contributed by atoms with Gasteiger partial charge in [-0.3, -0.25) is 9.59 Å². The fourth-order valence-electron chi connectivity index (χ4n) is 2.07. The van der Waals surface area contributed by atoms with Gasteiger partial charge in [0.25, 0.3) is 0 Å².